The number of hydrogen-bond donors (Lipinski definition) is 0. The lowest BCUT2D eigenvalue weighted by Crippen LogP contribution is -2.04. The van der Waals surface area contributed by atoms with Crippen molar-refractivity contribution in [1.29, 1.82) is 0 Å². The van der Waals surface area contributed by atoms with E-state index < -0.39 is 5.97 Å². The number of rotatable bonds is 5. The summed E-state index contributed by atoms with van der Waals surface area (Å²) in [5.74, 6) is -0.288. The van der Waals surface area contributed by atoms with Crippen molar-refractivity contribution in [3.63, 3.8) is 0 Å². The minimum absolute atomic E-state index is 0.192. The highest BCUT2D eigenvalue weighted by molar-refractivity contribution is 6.38. The van der Waals surface area contributed by atoms with Gasteiger partial charge in [-0.25, -0.2) is 4.79 Å². The maximum Gasteiger partial charge on any atom is 0.374 e. The van der Waals surface area contributed by atoms with E-state index >= 15 is 0 Å². The number of benzene rings is 2. The van der Waals surface area contributed by atoms with Gasteiger partial charge in [0.2, 0.25) is 5.76 Å². The minimum Gasteiger partial charge on any atom is -0.460 e. The van der Waals surface area contributed by atoms with Gasteiger partial charge in [-0.05, 0) is 31.5 Å². The number of fused-ring (bicyclic) bond motifs is 1. The molecule has 2 aromatic carbocycles. The summed E-state index contributed by atoms with van der Waals surface area (Å²) in [5.41, 5.74) is 3.15. The van der Waals surface area contributed by atoms with Crippen molar-refractivity contribution in [3.8, 4) is 0 Å². The average Bonchev–Trinajstić information content (AvgIpc) is 2.96. The van der Waals surface area contributed by atoms with E-state index in [0.29, 0.717) is 34.7 Å². The summed E-state index contributed by atoms with van der Waals surface area (Å²) < 4.78 is 10.6. The molecule has 0 bridgehead atoms. The number of furan rings is 1. The highest BCUT2D eigenvalue weighted by Crippen LogP contribution is 2.33. The molecule has 0 spiro atoms. The first-order valence-corrected chi connectivity index (χ1v) is 8.42. The van der Waals surface area contributed by atoms with Crippen LogP contribution in [0.4, 0.5) is 0 Å². The number of nitrogens with zero attached hydrogens (tertiary/aromatic N) is 1. The molecule has 0 unspecified atom stereocenters. The first-order valence-electron chi connectivity index (χ1n) is 8.04. The predicted octanol–water partition coefficient (Wildman–Crippen LogP) is 5.19. The molecule has 0 radical (unpaired) electrons. The van der Waals surface area contributed by atoms with Gasteiger partial charge in [0, 0.05) is 22.7 Å². The molecule has 1 heterocycles. The molecule has 0 aliphatic heterocycles. The summed E-state index contributed by atoms with van der Waals surface area (Å²) in [7, 11) is 0. The van der Waals surface area contributed by atoms with E-state index in [-0.39, 0.29) is 5.76 Å². The Morgan fingerprint density at radius 1 is 1.24 bits per heavy atom. The molecule has 0 amide bonds. The molecule has 0 N–H and O–H groups in total. The molecule has 0 saturated carbocycles. The van der Waals surface area contributed by atoms with Crippen molar-refractivity contribution in [1.82, 2.24) is 0 Å². The van der Waals surface area contributed by atoms with E-state index in [2.05, 4.69) is 4.99 Å². The molecule has 5 heteroatoms. The van der Waals surface area contributed by atoms with Gasteiger partial charge in [0.25, 0.3) is 0 Å². The monoisotopic (exact) mass is 355 g/mol. The van der Waals surface area contributed by atoms with E-state index in [9.17, 15) is 4.79 Å². The Balaban J connectivity index is 1.91. The van der Waals surface area contributed by atoms with Crippen LogP contribution in [0.25, 0.3) is 11.0 Å². The van der Waals surface area contributed by atoms with Gasteiger partial charge in [-0.1, -0.05) is 41.9 Å². The number of carbonyl (C=O) groups excluding carboxylic acids is 1. The van der Waals surface area contributed by atoms with Crippen LogP contribution >= 0.6 is 11.6 Å². The maximum atomic E-state index is 12.0. The normalized spacial score (nSPS) is 11.3. The van der Waals surface area contributed by atoms with Gasteiger partial charge in [0.1, 0.15) is 5.58 Å². The third-order valence-corrected chi connectivity index (χ3v) is 4.28. The summed E-state index contributed by atoms with van der Waals surface area (Å²) in [4.78, 5) is 16.4. The zero-order valence-corrected chi connectivity index (χ0v) is 14.8. The largest absolute Gasteiger partial charge is 0.460 e. The van der Waals surface area contributed by atoms with Gasteiger partial charge in [-0.3, -0.25) is 4.99 Å². The number of esters is 1. The van der Waals surface area contributed by atoms with Crippen LogP contribution in [0.15, 0.2) is 51.9 Å². The van der Waals surface area contributed by atoms with Crippen LogP contribution in [0.5, 0.6) is 0 Å². The van der Waals surface area contributed by atoms with Gasteiger partial charge in [0.05, 0.1) is 18.2 Å². The minimum atomic E-state index is -0.480. The Hall–Kier alpha value is -2.59. The van der Waals surface area contributed by atoms with Crippen molar-refractivity contribution in [2.24, 2.45) is 4.99 Å². The molecule has 0 aliphatic rings. The van der Waals surface area contributed by atoms with Gasteiger partial charge >= 0.3 is 5.97 Å². The number of ether oxygens (including phenoxy) is 1. The molecular formula is C20H18ClNO3. The van der Waals surface area contributed by atoms with Crippen LogP contribution in [0.1, 0.15) is 34.2 Å². The lowest BCUT2D eigenvalue weighted by Gasteiger charge is -2.01. The fourth-order valence-electron chi connectivity index (χ4n) is 2.63. The SMILES string of the molecule is CCOC(=O)c1oc2ccc(C=NCc3ccccc3)c(Cl)c2c1C. The summed E-state index contributed by atoms with van der Waals surface area (Å²) in [6.45, 7) is 4.42. The number of aryl methyl sites for hydroxylation is 1. The van der Waals surface area contributed by atoms with E-state index in [0.717, 1.165) is 11.1 Å². The molecule has 0 aliphatic carbocycles. The summed E-state index contributed by atoms with van der Waals surface area (Å²) in [6.07, 6.45) is 1.74. The second kappa shape index (κ2) is 7.53. The van der Waals surface area contributed by atoms with Crippen molar-refractivity contribution >= 4 is 34.8 Å². The molecule has 4 nitrogen and oxygen atoms in total. The van der Waals surface area contributed by atoms with E-state index in [1.165, 1.54) is 0 Å². The van der Waals surface area contributed by atoms with Crippen molar-refractivity contribution in [2.75, 3.05) is 6.61 Å². The van der Waals surface area contributed by atoms with Gasteiger partial charge in [0.15, 0.2) is 0 Å². The van der Waals surface area contributed by atoms with Crippen LogP contribution in [0.3, 0.4) is 0 Å². The van der Waals surface area contributed by atoms with Crippen molar-refractivity contribution in [3.05, 3.63) is 69.9 Å². The Labute approximate surface area is 151 Å². The fraction of sp³-hybridized carbons (Fsp3) is 0.200. The van der Waals surface area contributed by atoms with Gasteiger partial charge < -0.3 is 9.15 Å². The summed E-state index contributed by atoms with van der Waals surface area (Å²) >= 11 is 6.52. The lowest BCUT2D eigenvalue weighted by atomic mass is 10.1. The van der Waals surface area contributed by atoms with Gasteiger partial charge in [-0.2, -0.15) is 0 Å². The van der Waals surface area contributed by atoms with Gasteiger partial charge in [-0.15, -0.1) is 0 Å². The maximum absolute atomic E-state index is 12.0. The molecule has 0 atom stereocenters. The molecular weight excluding hydrogens is 338 g/mol. The standard InChI is InChI=1S/C20H18ClNO3/c1-3-24-20(23)19-13(2)17-16(25-19)10-9-15(18(17)21)12-22-11-14-7-5-4-6-8-14/h4-10,12H,3,11H2,1-2H3. The van der Waals surface area contributed by atoms with E-state index in [1.54, 1.807) is 26.1 Å². The first kappa shape index (κ1) is 17.2. The van der Waals surface area contributed by atoms with Crippen LogP contribution in [0.2, 0.25) is 5.02 Å². The molecule has 3 rings (SSSR count). The number of carbonyl (C=O) groups is 1. The fourth-order valence-corrected chi connectivity index (χ4v) is 2.98. The Bertz CT molecular complexity index is 929. The second-order valence-electron chi connectivity index (χ2n) is 5.57. The van der Waals surface area contributed by atoms with E-state index in [1.807, 2.05) is 36.4 Å². The second-order valence-corrected chi connectivity index (χ2v) is 5.95. The van der Waals surface area contributed by atoms with Crippen molar-refractivity contribution in [2.45, 2.75) is 20.4 Å². The Kier molecular flexibility index (Phi) is 5.19. The summed E-state index contributed by atoms with van der Waals surface area (Å²) in [5, 5.41) is 1.24. The average molecular weight is 356 g/mol. The summed E-state index contributed by atoms with van der Waals surface area (Å²) in [6, 6.07) is 13.6. The third-order valence-electron chi connectivity index (χ3n) is 3.87. The zero-order chi connectivity index (χ0) is 17.8. The molecule has 0 fully saturated rings. The van der Waals surface area contributed by atoms with Crippen LogP contribution in [-0.4, -0.2) is 18.8 Å². The van der Waals surface area contributed by atoms with Crippen LogP contribution in [0, 0.1) is 6.92 Å². The number of halogens is 1. The molecule has 0 saturated heterocycles. The van der Waals surface area contributed by atoms with Crippen LogP contribution < -0.4 is 0 Å². The zero-order valence-electron chi connectivity index (χ0n) is 14.1. The third kappa shape index (κ3) is 3.59. The number of hydrogen-bond acceptors (Lipinski definition) is 4. The highest BCUT2D eigenvalue weighted by Gasteiger charge is 2.21. The van der Waals surface area contributed by atoms with E-state index in [4.69, 9.17) is 20.8 Å². The Morgan fingerprint density at radius 2 is 2.00 bits per heavy atom. The molecule has 128 valence electrons. The molecule has 3 aromatic rings. The predicted molar refractivity (Wildman–Crippen MR) is 99.7 cm³/mol. The first-order chi connectivity index (χ1) is 12.1. The van der Waals surface area contributed by atoms with Crippen LogP contribution in [-0.2, 0) is 11.3 Å². The Morgan fingerprint density at radius 3 is 2.72 bits per heavy atom. The number of aliphatic imine (C=N–C) groups is 1. The topological polar surface area (TPSA) is 51.8 Å². The molecule has 25 heavy (non-hydrogen) atoms. The lowest BCUT2D eigenvalue weighted by molar-refractivity contribution is 0.0491. The molecule has 1 aromatic heterocycles. The highest BCUT2D eigenvalue weighted by atomic mass is 35.5. The quantitative estimate of drug-likeness (QED) is 0.467. The van der Waals surface area contributed by atoms with Crippen molar-refractivity contribution < 1.29 is 13.9 Å². The smallest absolute Gasteiger partial charge is 0.374 e.